The molecule has 2 heterocycles. The van der Waals surface area contributed by atoms with Crippen molar-refractivity contribution in [3.05, 3.63) is 47.3 Å². The zero-order valence-corrected chi connectivity index (χ0v) is 13.9. The average molecular weight is 384 g/mol. The Bertz CT molecular complexity index is 852. The summed E-state index contributed by atoms with van der Waals surface area (Å²) < 4.78 is 46.2. The molecule has 1 aromatic carbocycles. The van der Waals surface area contributed by atoms with Gasteiger partial charge in [-0.2, -0.15) is 13.2 Å². The second kappa shape index (κ2) is 7.35. The highest BCUT2D eigenvalue weighted by Gasteiger charge is 2.37. The van der Waals surface area contributed by atoms with E-state index in [0.29, 0.717) is 0 Å². The first-order chi connectivity index (χ1) is 12.8. The highest BCUT2D eigenvalue weighted by molar-refractivity contribution is 5.84. The summed E-state index contributed by atoms with van der Waals surface area (Å²) in [5.41, 5.74) is -1.13. The fourth-order valence-electron chi connectivity index (χ4n) is 2.81. The van der Waals surface area contributed by atoms with E-state index >= 15 is 0 Å². The van der Waals surface area contributed by atoms with Crippen LogP contribution >= 0.6 is 0 Å². The monoisotopic (exact) mass is 384 g/mol. The quantitative estimate of drug-likeness (QED) is 0.860. The van der Waals surface area contributed by atoms with Gasteiger partial charge in [0.25, 0.3) is 0 Å². The third kappa shape index (κ3) is 4.25. The van der Waals surface area contributed by atoms with Crippen LogP contribution in [0.2, 0.25) is 0 Å². The summed E-state index contributed by atoms with van der Waals surface area (Å²) in [5, 5.41) is 15.8. The van der Waals surface area contributed by atoms with Crippen LogP contribution in [0.3, 0.4) is 0 Å². The van der Waals surface area contributed by atoms with Crippen molar-refractivity contribution in [1.29, 1.82) is 0 Å². The number of amides is 1. The van der Waals surface area contributed by atoms with E-state index in [-0.39, 0.29) is 37.5 Å². The molecule has 0 saturated carbocycles. The number of morpholine rings is 1. The Kier molecular flexibility index (Phi) is 5.13. The van der Waals surface area contributed by atoms with Gasteiger partial charge in [-0.1, -0.05) is 23.4 Å². The first-order valence-electron chi connectivity index (χ1n) is 7.94. The smallest absolute Gasteiger partial charge is 0.416 e. The van der Waals surface area contributed by atoms with E-state index < -0.39 is 29.7 Å². The van der Waals surface area contributed by atoms with Gasteiger partial charge in [0.2, 0.25) is 5.91 Å². The highest BCUT2D eigenvalue weighted by Crippen LogP contribution is 2.36. The van der Waals surface area contributed by atoms with Crippen LogP contribution < -0.4 is 0 Å². The lowest BCUT2D eigenvalue weighted by Gasteiger charge is -2.34. The van der Waals surface area contributed by atoms with Gasteiger partial charge in [0.1, 0.15) is 12.6 Å². The number of carbonyl (C=O) groups is 2. The maximum absolute atomic E-state index is 13.2. The normalized spacial score (nSPS) is 17.7. The minimum atomic E-state index is -4.53. The number of nitrogens with zero attached hydrogens (tertiary/aromatic N) is 4. The van der Waals surface area contributed by atoms with Gasteiger partial charge in [-0.15, -0.1) is 5.10 Å². The molecule has 1 N–H and O–H groups in total. The number of carboxylic acid groups (broad SMARTS) is 1. The molecule has 3 rings (SSSR count). The maximum atomic E-state index is 13.2. The third-order valence-corrected chi connectivity index (χ3v) is 4.09. The number of halogens is 3. The largest absolute Gasteiger partial charge is 0.476 e. The predicted octanol–water partition coefficient (Wildman–Crippen LogP) is 1.60. The van der Waals surface area contributed by atoms with E-state index in [1.54, 1.807) is 0 Å². The molecule has 2 aromatic rings. The molecular formula is C16H15F3N4O4. The standard InChI is InChI=1S/C16H15F3N4O4/c17-16(18,19)11-4-2-1-3-10(11)13-8-22(5-6-27-13)14(24)9-23-7-12(15(25)26)20-21-23/h1-4,7,13H,5-6,8-9H2,(H,25,26). The Labute approximate surface area is 151 Å². The molecule has 1 saturated heterocycles. The Morgan fingerprint density at radius 2 is 2.04 bits per heavy atom. The van der Waals surface area contributed by atoms with Crippen LogP contribution in [0.15, 0.2) is 30.5 Å². The van der Waals surface area contributed by atoms with Crippen LogP contribution in [0.1, 0.15) is 27.7 Å². The molecule has 0 aliphatic carbocycles. The van der Waals surface area contributed by atoms with Crippen LogP contribution in [-0.4, -0.2) is 56.6 Å². The molecule has 27 heavy (non-hydrogen) atoms. The highest BCUT2D eigenvalue weighted by atomic mass is 19.4. The zero-order chi connectivity index (χ0) is 19.6. The molecule has 0 radical (unpaired) electrons. The van der Waals surface area contributed by atoms with Gasteiger partial charge in [-0.05, 0) is 11.6 Å². The number of hydrogen-bond donors (Lipinski definition) is 1. The predicted molar refractivity (Wildman–Crippen MR) is 83.7 cm³/mol. The third-order valence-electron chi connectivity index (χ3n) is 4.09. The summed E-state index contributed by atoms with van der Waals surface area (Å²) in [6, 6.07) is 5.08. The summed E-state index contributed by atoms with van der Waals surface area (Å²) in [4.78, 5) is 24.6. The second-order valence-corrected chi connectivity index (χ2v) is 5.89. The maximum Gasteiger partial charge on any atom is 0.416 e. The Morgan fingerprint density at radius 1 is 1.30 bits per heavy atom. The van der Waals surface area contributed by atoms with Crippen molar-refractivity contribution in [3.8, 4) is 0 Å². The molecule has 1 fully saturated rings. The first kappa shape index (κ1) is 18.8. The molecule has 0 spiro atoms. The lowest BCUT2D eigenvalue weighted by molar-refractivity contribution is -0.143. The first-order valence-corrected chi connectivity index (χ1v) is 7.94. The molecule has 1 aliphatic heterocycles. The number of carboxylic acids is 1. The van der Waals surface area contributed by atoms with Crippen LogP contribution in [0.25, 0.3) is 0 Å². The number of alkyl halides is 3. The van der Waals surface area contributed by atoms with Crippen molar-refractivity contribution in [2.45, 2.75) is 18.8 Å². The molecule has 1 aromatic heterocycles. The lowest BCUT2D eigenvalue weighted by atomic mass is 10.0. The molecule has 144 valence electrons. The van der Waals surface area contributed by atoms with Crippen molar-refractivity contribution >= 4 is 11.9 Å². The Morgan fingerprint density at radius 3 is 2.70 bits per heavy atom. The van der Waals surface area contributed by atoms with Crippen molar-refractivity contribution in [1.82, 2.24) is 19.9 Å². The van der Waals surface area contributed by atoms with E-state index in [0.717, 1.165) is 16.9 Å². The number of carbonyl (C=O) groups excluding carboxylic acids is 1. The summed E-state index contributed by atoms with van der Waals surface area (Å²) in [5.74, 6) is -1.70. The molecular weight excluding hydrogens is 369 g/mol. The summed E-state index contributed by atoms with van der Waals surface area (Å²) >= 11 is 0. The lowest BCUT2D eigenvalue weighted by Crippen LogP contribution is -2.44. The fraction of sp³-hybridized carbons (Fsp3) is 0.375. The van der Waals surface area contributed by atoms with Crippen molar-refractivity contribution in [2.24, 2.45) is 0 Å². The van der Waals surface area contributed by atoms with E-state index in [4.69, 9.17) is 9.84 Å². The van der Waals surface area contributed by atoms with E-state index in [1.807, 2.05) is 0 Å². The second-order valence-electron chi connectivity index (χ2n) is 5.89. The number of benzene rings is 1. The molecule has 1 atom stereocenters. The molecule has 0 bridgehead atoms. The SMILES string of the molecule is O=C(O)c1cn(CC(=O)N2CCOC(c3ccccc3C(F)(F)F)C2)nn1. The number of aromatic carboxylic acids is 1. The summed E-state index contributed by atoms with van der Waals surface area (Å²) in [7, 11) is 0. The summed E-state index contributed by atoms with van der Waals surface area (Å²) in [6.45, 7) is -0.0232. The zero-order valence-electron chi connectivity index (χ0n) is 13.9. The summed E-state index contributed by atoms with van der Waals surface area (Å²) in [6.07, 6.45) is -4.33. The number of aromatic nitrogens is 3. The molecule has 11 heteroatoms. The van der Waals surface area contributed by atoms with Gasteiger partial charge in [0.05, 0.1) is 24.9 Å². The fourth-order valence-corrected chi connectivity index (χ4v) is 2.81. The topological polar surface area (TPSA) is 97.5 Å². The van der Waals surface area contributed by atoms with Gasteiger partial charge in [-0.25, -0.2) is 9.48 Å². The minimum absolute atomic E-state index is 0.0311. The van der Waals surface area contributed by atoms with Gasteiger partial charge in [0, 0.05) is 6.54 Å². The number of ether oxygens (including phenoxy) is 1. The molecule has 8 nitrogen and oxygen atoms in total. The minimum Gasteiger partial charge on any atom is -0.476 e. The Hall–Kier alpha value is -2.95. The molecule has 1 unspecified atom stereocenters. The van der Waals surface area contributed by atoms with Gasteiger partial charge in [-0.3, -0.25) is 4.79 Å². The van der Waals surface area contributed by atoms with Gasteiger partial charge >= 0.3 is 12.1 Å². The van der Waals surface area contributed by atoms with E-state index in [1.165, 1.54) is 23.1 Å². The van der Waals surface area contributed by atoms with Crippen LogP contribution in [0.5, 0.6) is 0 Å². The van der Waals surface area contributed by atoms with Crippen LogP contribution in [0.4, 0.5) is 13.2 Å². The van der Waals surface area contributed by atoms with Crippen molar-refractivity contribution < 1.29 is 32.6 Å². The van der Waals surface area contributed by atoms with Crippen molar-refractivity contribution in [3.63, 3.8) is 0 Å². The van der Waals surface area contributed by atoms with Gasteiger partial charge < -0.3 is 14.7 Å². The number of rotatable bonds is 4. The molecule has 1 aliphatic rings. The average Bonchev–Trinajstić information content (AvgIpc) is 3.10. The Balaban J connectivity index is 1.72. The van der Waals surface area contributed by atoms with Crippen molar-refractivity contribution in [2.75, 3.05) is 19.7 Å². The molecule has 1 amide bonds. The van der Waals surface area contributed by atoms with Gasteiger partial charge in [0.15, 0.2) is 5.69 Å². The van der Waals surface area contributed by atoms with E-state index in [2.05, 4.69) is 10.3 Å². The van der Waals surface area contributed by atoms with E-state index in [9.17, 15) is 22.8 Å². The van der Waals surface area contributed by atoms with Crippen LogP contribution in [-0.2, 0) is 22.3 Å². The van der Waals surface area contributed by atoms with Crippen LogP contribution in [0, 0.1) is 0 Å². The number of hydrogen-bond acceptors (Lipinski definition) is 5.